The summed E-state index contributed by atoms with van der Waals surface area (Å²) < 4.78 is 25.8. The molecule has 1 aliphatic rings. The molecule has 0 bridgehead atoms. The molecule has 0 N–H and O–H groups in total. The predicted molar refractivity (Wildman–Crippen MR) is 116 cm³/mol. The lowest BCUT2D eigenvalue weighted by atomic mass is 9.95. The number of hydrogen-bond donors (Lipinski definition) is 0. The van der Waals surface area contributed by atoms with E-state index < -0.39 is 0 Å². The van der Waals surface area contributed by atoms with Crippen LogP contribution >= 0.6 is 0 Å². The molecule has 0 saturated carbocycles. The Hall–Kier alpha value is -3.35. The zero-order valence-corrected chi connectivity index (χ0v) is 18.0. The summed E-state index contributed by atoms with van der Waals surface area (Å²) in [7, 11) is 4.95. The minimum atomic E-state index is -0.296. The van der Waals surface area contributed by atoms with Gasteiger partial charge in [-0.2, -0.15) is 5.10 Å². The highest BCUT2D eigenvalue weighted by Crippen LogP contribution is 2.30. The van der Waals surface area contributed by atoms with Crippen LogP contribution in [0, 0.1) is 5.82 Å². The summed E-state index contributed by atoms with van der Waals surface area (Å²) >= 11 is 0. The van der Waals surface area contributed by atoms with Gasteiger partial charge in [0.25, 0.3) is 5.91 Å². The molecule has 0 aliphatic heterocycles. The molecule has 6 nitrogen and oxygen atoms in total. The zero-order chi connectivity index (χ0) is 22.0. The maximum absolute atomic E-state index is 13.4. The third-order valence-corrected chi connectivity index (χ3v) is 5.67. The SMILES string of the molecule is COc1ccc(CN(C)C(=O)c2nn(-c3ccc(F)cc3)c3c2CCCC3)cc1OC. The van der Waals surface area contributed by atoms with Crippen molar-refractivity contribution < 1.29 is 18.7 Å². The number of hydrogen-bond acceptors (Lipinski definition) is 4. The number of methoxy groups -OCH3 is 2. The largest absolute Gasteiger partial charge is 0.493 e. The van der Waals surface area contributed by atoms with E-state index in [1.54, 1.807) is 43.0 Å². The van der Waals surface area contributed by atoms with E-state index in [1.807, 2.05) is 18.2 Å². The molecule has 1 aromatic heterocycles. The molecule has 0 unspecified atom stereocenters. The first-order chi connectivity index (χ1) is 15.0. The first-order valence-electron chi connectivity index (χ1n) is 10.3. The fourth-order valence-electron chi connectivity index (χ4n) is 4.07. The Morgan fingerprint density at radius 3 is 2.48 bits per heavy atom. The van der Waals surface area contributed by atoms with Crippen LogP contribution in [0.25, 0.3) is 5.69 Å². The topological polar surface area (TPSA) is 56.6 Å². The van der Waals surface area contributed by atoms with Crippen LogP contribution in [0.3, 0.4) is 0 Å². The second kappa shape index (κ2) is 8.79. The molecule has 162 valence electrons. The maximum Gasteiger partial charge on any atom is 0.274 e. The third-order valence-electron chi connectivity index (χ3n) is 5.67. The van der Waals surface area contributed by atoms with Gasteiger partial charge in [-0.25, -0.2) is 9.07 Å². The van der Waals surface area contributed by atoms with Gasteiger partial charge in [-0.1, -0.05) is 6.07 Å². The molecule has 3 aromatic rings. The Kier molecular flexibility index (Phi) is 5.93. The lowest BCUT2D eigenvalue weighted by Crippen LogP contribution is -2.27. The van der Waals surface area contributed by atoms with E-state index in [0.717, 1.165) is 48.2 Å². The highest BCUT2D eigenvalue weighted by Gasteiger charge is 2.27. The number of rotatable bonds is 6. The summed E-state index contributed by atoms with van der Waals surface area (Å²) in [5, 5.41) is 4.67. The quantitative estimate of drug-likeness (QED) is 0.597. The smallest absolute Gasteiger partial charge is 0.274 e. The fraction of sp³-hybridized carbons (Fsp3) is 0.333. The highest BCUT2D eigenvalue weighted by atomic mass is 19.1. The number of benzene rings is 2. The lowest BCUT2D eigenvalue weighted by Gasteiger charge is -2.19. The van der Waals surface area contributed by atoms with Crippen molar-refractivity contribution in [3.8, 4) is 17.2 Å². The molecule has 0 fully saturated rings. The van der Waals surface area contributed by atoms with Crippen LogP contribution in [0.4, 0.5) is 4.39 Å². The van der Waals surface area contributed by atoms with Crippen LogP contribution in [0.1, 0.15) is 40.2 Å². The van der Waals surface area contributed by atoms with Crippen LogP contribution in [-0.4, -0.2) is 41.9 Å². The Morgan fingerprint density at radius 1 is 1.06 bits per heavy atom. The van der Waals surface area contributed by atoms with Gasteiger partial charge in [-0.15, -0.1) is 0 Å². The molecule has 1 amide bonds. The van der Waals surface area contributed by atoms with E-state index in [2.05, 4.69) is 5.10 Å². The molecule has 0 saturated heterocycles. The second-order valence-electron chi connectivity index (χ2n) is 7.72. The number of amides is 1. The van der Waals surface area contributed by atoms with Crippen molar-refractivity contribution >= 4 is 5.91 Å². The number of fused-ring (bicyclic) bond motifs is 1. The van der Waals surface area contributed by atoms with Crippen LogP contribution < -0.4 is 9.47 Å². The number of carbonyl (C=O) groups excluding carboxylic acids is 1. The van der Waals surface area contributed by atoms with E-state index in [-0.39, 0.29) is 11.7 Å². The van der Waals surface area contributed by atoms with Crippen LogP contribution in [0.2, 0.25) is 0 Å². The Labute approximate surface area is 181 Å². The van der Waals surface area contributed by atoms with E-state index in [4.69, 9.17) is 9.47 Å². The van der Waals surface area contributed by atoms with Gasteiger partial charge in [0, 0.05) is 24.8 Å². The van der Waals surface area contributed by atoms with Crippen LogP contribution in [0.5, 0.6) is 11.5 Å². The molecule has 0 atom stereocenters. The van der Waals surface area contributed by atoms with E-state index in [9.17, 15) is 9.18 Å². The van der Waals surface area contributed by atoms with Gasteiger partial charge in [-0.05, 0) is 67.6 Å². The average Bonchev–Trinajstić information content (AvgIpc) is 3.18. The zero-order valence-electron chi connectivity index (χ0n) is 18.0. The number of halogens is 1. The van der Waals surface area contributed by atoms with E-state index in [0.29, 0.717) is 23.7 Å². The molecular weight excluding hydrogens is 397 g/mol. The van der Waals surface area contributed by atoms with Gasteiger partial charge in [-0.3, -0.25) is 4.79 Å². The molecule has 2 aromatic carbocycles. The third kappa shape index (κ3) is 4.13. The number of ether oxygens (including phenoxy) is 2. The second-order valence-corrected chi connectivity index (χ2v) is 7.72. The summed E-state index contributed by atoms with van der Waals surface area (Å²) in [5.41, 5.74) is 4.21. The van der Waals surface area contributed by atoms with Gasteiger partial charge >= 0.3 is 0 Å². The summed E-state index contributed by atoms with van der Waals surface area (Å²) in [6, 6.07) is 11.8. The van der Waals surface area contributed by atoms with Gasteiger partial charge in [0.1, 0.15) is 5.82 Å². The molecule has 31 heavy (non-hydrogen) atoms. The van der Waals surface area contributed by atoms with Crippen molar-refractivity contribution in [1.82, 2.24) is 14.7 Å². The first-order valence-corrected chi connectivity index (χ1v) is 10.3. The summed E-state index contributed by atoms with van der Waals surface area (Å²) in [5.74, 6) is 0.843. The predicted octanol–water partition coefficient (Wildman–Crippen LogP) is 4.18. The summed E-state index contributed by atoms with van der Waals surface area (Å²) in [4.78, 5) is 15.0. The Bertz CT molecular complexity index is 1090. The highest BCUT2D eigenvalue weighted by molar-refractivity contribution is 5.94. The van der Waals surface area contributed by atoms with Crippen molar-refractivity contribution in [1.29, 1.82) is 0 Å². The van der Waals surface area contributed by atoms with Gasteiger partial charge in [0.2, 0.25) is 0 Å². The van der Waals surface area contributed by atoms with Crippen LogP contribution in [-0.2, 0) is 19.4 Å². The van der Waals surface area contributed by atoms with Crippen molar-refractivity contribution in [2.45, 2.75) is 32.2 Å². The molecule has 1 heterocycles. The van der Waals surface area contributed by atoms with Gasteiger partial charge < -0.3 is 14.4 Å². The van der Waals surface area contributed by atoms with Crippen molar-refractivity contribution in [3.05, 3.63) is 70.8 Å². The molecule has 0 radical (unpaired) electrons. The van der Waals surface area contributed by atoms with Gasteiger partial charge in [0.15, 0.2) is 17.2 Å². The Balaban J connectivity index is 1.63. The molecule has 0 spiro atoms. The first kappa shape index (κ1) is 20.9. The van der Waals surface area contributed by atoms with Crippen molar-refractivity contribution in [2.24, 2.45) is 0 Å². The Morgan fingerprint density at radius 2 is 1.77 bits per heavy atom. The summed E-state index contributed by atoms with van der Waals surface area (Å²) in [6.45, 7) is 0.414. The summed E-state index contributed by atoms with van der Waals surface area (Å²) in [6.07, 6.45) is 3.75. The van der Waals surface area contributed by atoms with E-state index >= 15 is 0 Å². The van der Waals surface area contributed by atoms with Crippen molar-refractivity contribution in [3.63, 3.8) is 0 Å². The lowest BCUT2D eigenvalue weighted by molar-refractivity contribution is 0.0777. The normalized spacial score (nSPS) is 12.9. The monoisotopic (exact) mass is 423 g/mol. The maximum atomic E-state index is 13.4. The minimum Gasteiger partial charge on any atom is -0.493 e. The standard InChI is InChI=1S/C24H26FN3O3/c1-27(15-16-8-13-21(30-2)22(14-16)31-3)24(29)23-19-6-4-5-7-20(19)28(26-23)18-11-9-17(25)10-12-18/h8-14H,4-7,15H2,1-3H3. The molecule has 4 rings (SSSR count). The average molecular weight is 423 g/mol. The molecular formula is C24H26FN3O3. The molecule has 7 heteroatoms. The number of aromatic nitrogens is 2. The number of nitrogens with zero attached hydrogens (tertiary/aromatic N) is 3. The van der Waals surface area contributed by atoms with Crippen molar-refractivity contribution in [2.75, 3.05) is 21.3 Å². The van der Waals surface area contributed by atoms with Crippen LogP contribution in [0.15, 0.2) is 42.5 Å². The van der Waals surface area contributed by atoms with E-state index in [1.165, 1.54) is 12.1 Å². The van der Waals surface area contributed by atoms with Gasteiger partial charge in [0.05, 0.1) is 19.9 Å². The molecule has 1 aliphatic carbocycles. The fourth-order valence-corrected chi connectivity index (χ4v) is 4.07. The number of carbonyl (C=O) groups is 1. The minimum absolute atomic E-state index is 0.131.